The number of nitrogens with zero attached hydrogens (tertiary/aromatic N) is 2. The Balaban J connectivity index is 1.75. The van der Waals surface area contributed by atoms with E-state index in [0.29, 0.717) is 22.8 Å². The van der Waals surface area contributed by atoms with E-state index >= 15 is 0 Å². The molecule has 2 N–H and O–H groups in total. The lowest BCUT2D eigenvalue weighted by Crippen LogP contribution is -2.54. The highest BCUT2D eigenvalue weighted by Crippen LogP contribution is 2.62. The standard InChI is InChI=1S/C31H28N2O4/c1-17-10-12-24(19(3)14-17)32-21(5)16-26-27(29(32)35)30(36)28(34)22-8-6-7-9-23(22)31(30,37)33(26)25-13-11-18(2)15-20(25)4/h6-16,36-37H,1-5H3. The molecule has 0 saturated carbocycles. The van der Waals surface area contributed by atoms with Crippen molar-refractivity contribution in [1.29, 1.82) is 0 Å². The van der Waals surface area contributed by atoms with E-state index in [1.807, 2.05) is 71.0 Å². The molecule has 0 amide bonds. The summed E-state index contributed by atoms with van der Waals surface area (Å²) < 4.78 is 1.52. The normalized spacial score (nSPS) is 21.7. The topological polar surface area (TPSA) is 82.8 Å². The van der Waals surface area contributed by atoms with Crippen molar-refractivity contribution in [3.8, 4) is 5.69 Å². The zero-order valence-electron chi connectivity index (χ0n) is 21.5. The lowest BCUT2D eigenvalue weighted by molar-refractivity contribution is -0.113. The number of fused-ring (bicyclic) bond motifs is 5. The maximum Gasteiger partial charge on any atom is 0.264 e. The first kappa shape index (κ1) is 23.4. The smallest absolute Gasteiger partial charge is 0.264 e. The van der Waals surface area contributed by atoms with Crippen molar-refractivity contribution in [3.05, 3.63) is 122 Å². The van der Waals surface area contributed by atoms with Crippen LogP contribution in [-0.2, 0) is 11.3 Å². The Labute approximate surface area is 215 Å². The Bertz CT molecular complexity index is 1720. The first-order valence-electron chi connectivity index (χ1n) is 12.3. The fourth-order valence-corrected chi connectivity index (χ4v) is 6.23. The third-order valence-electron chi connectivity index (χ3n) is 7.86. The molecule has 6 rings (SSSR count). The van der Waals surface area contributed by atoms with Crippen molar-refractivity contribution < 1.29 is 15.0 Å². The van der Waals surface area contributed by atoms with Crippen LogP contribution < -0.4 is 10.5 Å². The van der Waals surface area contributed by atoms with Crippen LogP contribution in [0.25, 0.3) is 5.69 Å². The number of aromatic nitrogens is 1. The summed E-state index contributed by atoms with van der Waals surface area (Å²) in [5, 5.41) is 24.8. The molecule has 0 spiro atoms. The monoisotopic (exact) mass is 492 g/mol. The van der Waals surface area contributed by atoms with E-state index in [9.17, 15) is 19.8 Å². The average molecular weight is 493 g/mol. The molecule has 2 unspecified atom stereocenters. The number of hydrogen-bond acceptors (Lipinski definition) is 5. The van der Waals surface area contributed by atoms with Crippen molar-refractivity contribution in [2.45, 2.75) is 45.9 Å². The van der Waals surface area contributed by atoms with Crippen LogP contribution in [-0.4, -0.2) is 20.6 Å². The number of Topliss-reactive ketones (excluding diaryl/α,β-unsaturated/α-hetero) is 1. The van der Waals surface area contributed by atoms with Crippen LogP contribution >= 0.6 is 0 Å². The first-order valence-corrected chi connectivity index (χ1v) is 12.3. The number of aliphatic hydroxyl groups is 2. The highest BCUT2D eigenvalue weighted by molar-refractivity contribution is 6.12. The molecule has 37 heavy (non-hydrogen) atoms. The molecule has 0 fully saturated rings. The summed E-state index contributed by atoms with van der Waals surface area (Å²) in [7, 11) is 0. The molecule has 0 radical (unpaired) electrons. The summed E-state index contributed by atoms with van der Waals surface area (Å²) in [6.45, 7) is 9.61. The molecule has 6 heteroatoms. The molecule has 2 heterocycles. The van der Waals surface area contributed by atoms with Gasteiger partial charge < -0.3 is 15.1 Å². The number of anilines is 2. The van der Waals surface area contributed by atoms with Gasteiger partial charge in [-0.25, -0.2) is 0 Å². The molecule has 2 atom stereocenters. The Morgan fingerprint density at radius 1 is 0.703 bits per heavy atom. The molecule has 0 saturated heterocycles. The number of carbonyl (C=O) groups is 1. The second kappa shape index (κ2) is 7.51. The minimum atomic E-state index is -2.49. The van der Waals surface area contributed by atoms with Crippen LogP contribution in [0.15, 0.2) is 71.5 Å². The van der Waals surface area contributed by atoms with Crippen LogP contribution in [0.1, 0.15) is 49.4 Å². The molecule has 186 valence electrons. The maximum atomic E-state index is 14.3. The number of carbonyl (C=O) groups excluding carboxylic acids is 1. The first-order chi connectivity index (χ1) is 17.5. The van der Waals surface area contributed by atoms with E-state index in [1.54, 1.807) is 35.2 Å². The van der Waals surface area contributed by atoms with Gasteiger partial charge in [0.1, 0.15) is 0 Å². The van der Waals surface area contributed by atoms with Gasteiger partial charge in [0.2, 0.25) is 17.1 Å². The van der Waals surface area contributed by atoms with Gasteiger partial charge in [-0.2, -0.15) is 0 Å². The fourth-order valence-electron chi connectivity index (χ4n) is 6.23. The molecule has 0 bridgehead atoms. The van der Waals surface area contributed by atoms with Gasteiger partial charge in [-0.1, -0.05) is 59.7 Å². The summed E-state index contributed by atoms with van der Waals surface area (Å²) in [6.07, 6.45) is 0. The largest absolute Gasteiger partial charge is 0.372 e. The van der Waals surface area contributed by atoms with Gasteiger partial charge in [-0.05, 0) is 63.9 Å². The van der Waals surface area contributed by atoms with Gasteiger partial charge in [-0.3, -0.25) is 14.2 Å². The molecule has 4 aromatic rings. The lowest BCUT2D eigenvalue weighted by Gasteiger charge is -2.39. The fraction of sp³-hybridized carbons (Fsp3) is 0.226. The molecule has 6 nitrogen and oxygen atoms in total. The Kier molecular flexibility index (Phi) is 4.75. The summed E-state index contributed by atoms with van der Waals surface area (Å²) in [5.74, 6) is -0.688. The van der Waals surface area contributed by atoms with Crippen LogP contribution in [0, 0.1) is 34.6 Å². The zero-order valence-corrected chi connectivity index (χ0v) is 21.5. The minimum Gasteiger partial charge on any atom is -0.372 e. The van der Waals surface area contributed by atoms with E-state index in [1.165, 1.54) is 4.57 Å². The average Bonchev–Trinajstić information content (AvgIpc) is 3.15. The zero-order chi connectivity index (χ0) is 26.4. The third-order valence-corrected chi connectivity index (χ3v) is 7.86. The van der Waals surface area contributed by atoms with Gasteiger partial charge in [0.25, 0.3) is 5.56 Å². The van der Waals surface area contributed by atoms with Gasteiger partial charge in [0, 0.05) is 22.5 Å². The van der Waals surface area contributed by atoms with Crippen LogP contribution in [0.4, 0.5) is 11.4 Å². The Morgan fingerprint density at radius 2 is 1.30 bits per heavy atom. The predicted octanol–water partition coefficient (Wildman–Crippen LogP) is 4.76. The molecule has 2 aliphatic rings. The quantitative estimate of drug-likeness (QED) is 0.422. The second-order valence-corrected chi connectivity index (χ2v) is 10.4. The van der Waals surface area contributed by atoms with Crippen molar-refractivity contribution in [2.75, 3.05) is 4.90 Å². The lowest BCUT2D eigenvalue weighted by atomic mass is 9.86. The summed E-state index contributed by atoms with van der Waals surface area (Å²) in [6, 6.07) is 19.9. The summed E-state index contributed by atoms with van der Waals surface area (Å²) in [5.41, 5.74) is 1.17. The summed E-state index contributed by atoms with van der Waals surface area (Å²) >= 11 is 0. The number of aryl methyl sites for hydroxylation is 5. The van der Waals surface area contributed by atoms with Gasteiger partial charge in [0.15, 0.2) is 0 Å². The van der Waals surface area contributed by atoms with Crippen molar-refractivity contribution in [1.82, 2.24) is 4.57 Å². The van der Waals surface area contributed by atoms with E-state index in [2.05, 4.69) is 0 Å². The van der Waals surface area contributed by atoms with Crippen LogP contribution in [0.5, 0.6) is 0 Å². The number of benzene rings is 3. The predicted molar refractivity (Wildman–Crippen MR) is 143 cm³/mol. The van der Waals surface area contributed by atoms with Gasteiger partial charge in [-0.15, -0.1) is 0 Å². The maximum absolute atomic E-state index is 14.3. The molecule has 1 aliphatic heterocycles. The van der Waals surface area contributed by atoms with E-state index in [4.69, 9.17) is 0 Å². The SMILES string of the molecule is Cc1ccc(N2c3cc(C)n(-c4ccc(C)cc4C)c(=O)c3C3(O)C(=O)c4ccccc4C23O)c(C)c1. The van der Waals surface area contributed by atoms with Crippen LogP contribution in [0.2, 0.25) is 0 Å². The number of pyridine rings is 1. The van der Waals surface area contributed by atoms with Crippen LogP contribution in [0.3, 0.4) is 0 Å². The van der Waals surface area contributed by atoms with Gasteiger partial charge >= 0.3 is 0 Å². The minimum absolute atomic E-state index is 0.123. The molecule has 1 aliphatic carbocycles. The number of hydrogen-bond donors (Lipinski definition) is 2. The Morgan fingerprint density at radius 3 is 1.92 bits per heavy atom. The van der Waals surface area contributed by atoms with Crippen molar-refractivity contribution in [2.24, 2.45) is 0 Å². The second-order valence-electron chi connectivity index (χ2n) is 10.4. The highest BCUT2D eigenvalue weighted by atomic mass is 16.4. The molecule has 3 aromatic carbocycles. The third kappa shape index (κ3) is 2.77. The Hall–Kier alpha value is -4.00. The van der Waals surface area contributed by atoms with Crippen molar-refractivity contribution in [3.63, 3.8) is 0 Å². The number of rotatable bonds is 2. The summed E-state index contributed by atoms with van der Waals surface area (Å²) in [4.78, 5) is 29.8. The molecular weight excluding hydrogens is 464 g/mol. The van der Waals surface area contributed by atoms with E-state index in [-0.39, 0.29) is 16.7 Å². The highest BCUT2D eigenvalue weighted by Gasteiger charge is 2.73. The molecule has 1 aromatic heterocycles. The number of ketones is 1. The van der Waals surface area contributed by atoms with E-state index < -0.39 is 22.7 Å². The molecular formula is C31H28N2O4. The van der Waals surface area contributed by atoms with E-state index in [0.717, 1.165) is 22.3 Å². The van der Waals surface area contributed by atoms with Gasteiger partial charge in [0.05, 0.1) is 16.9 Å². The van der Waals surface area contributed by atoms with Crippen molar-refractivity contribution >= 4 is 17.2 Å².